The van der Waals surface area contributed by atoms with E-state index in [1.54, 1.807) is 0 Å². The average Bonchev–Trinajstić information content (AvgIpc) is 2.08. The van der Waals surface area contributed by atoms with Crippen LogP contribution in [0.25, 0.3) is 0 Å². The maximum atomic E-state index is 10.8. The van der Waals surface area contributed by atoms with Crippen molar-refractivity contribution in [1.29, 1.82) is 0 Å². The Morgan fingerprint density at radius 1 is 0.938 bits per heavy atom. The molecule has 5 unspecified atom stereocenters. The van der Waals surface area contributed by atoms with Gasteiger partial charge in [0.25, 0.3) is 0 Å². The van der Waals surface area contributed by atoms with Gasteiger partial charge in [0.1, 0.15) is 6.29 Å². The van der Waals surface area contributed by atoms with Crippen molar-refractivity contribution >= 4 is 196 Å². The van der Waals surface area contributed by atoms with Gasteiger partial charge in [-0.2, -0.15) is 0 Å². The summed E-state index contributed by atoms with van der Waals surface area (Å²) in [6.45, 7) is -0.906. The Kier molecular flexibility index (Phi) is 29.8. The van der Waals surface area contributed by atoms with Gasteiger partial charge < -0.3 is 36.0 Å². The largest absolute Gasteiger partial charge is 2.00 e. The zero-order valence-corrected chi connectivity index (χ0v) is 26.7. The molecule has 6 nitrogen and oxygen atoms in total. The van der Waals surface area contributed by atoms with Crippen LogP contribution in [-0.4, -0.2) is 238 Å². The van der Waals surface area contributed by atoms with Crippen LogP contribution in [0.3, 0.4) is 0 Å². The molecule has 10 heteroatoms. The maximum Gasteiger partial charge on any atom is 2.00 e. The summed E-state index contributed by atoms with van der Waals surface area (Å²) in [6.07, 6.45) is -9.07. The van der Waals surface area contributed by atoms with Gasteiger partial charge in [0, 0.05) is 6.10 Å². The van der Waals surface area contributed by atoms with Crippen molar-refractivity contribution in [1.82, 2.24) is 0 Å². The molecule has 5 atom stereocenters. The van der Waals surface area contributed by atoms with Crippen LogP contribution in [-0.2, 0) is 4.74 Å². The fourth-order valence-corrected chi connectivity index (χ4v) is 1.03. The Morgan fingerprint density at radius 3 is 1.75 bits per heavy atom. The first-order valence-electron chi connectivity index (χ1n) is 3.47. The van der Waals surface area contributed by atoms with E-state index in [4.69, 9.17) is 5.11 Å². The third kappa shape index (κ3) is 9.24. The standard InChI is InChI=1S/C6H8O6.4Ba.4H/c7-1-2-3(8)4(9)5(10)6(11)12-2;;;;;;;;/h2-6,11H,1H2;;;;;;;;/q-4;4*+2;4*-1. The number of hydrogen-bond acceptors (Lipinski definition) is 6. The van der Waals surface area contributed by atoms with E-state index in [9.17, 15) is 20.4 Å². The van der Waals surface area contributed by atoms with Crippen LogP contribution in [0.15, 0.2) is 0 Å². The van der Waals surface area contributed by atoms with E-state index in [0.29, 0.717) is 0 Å². The van der Waals surface area contributed by atoms with E-state index >= 15 is 0 Å². The minimum absolute atomic E-state index is 0. The van der Waals surface area contributed by atoms with Crippen molar-refractivity contribution in [3.8, 4) is 0 Å². The Balaban J connectivity index is -0.0000000300. The van der Waals surface area contributed by atoms with Gasteiger partial charge in [-0.3, -0.25) is 0 Å². The molecule has 80 valence electrons. The molecule has 0 radical (unpaired) electrons. The Morgan fingerprint density at radius 2 is 1.38 bits per heavy atom. The molecule has 1 N–H and O–H groups in total. The fraction of sp³-hybridized carbons (Fsp3) is 1.00. The van der Waals surface area contributed by atoms with Crippen LogP contribution in [0.5, 0.6) is 0 Å². The van der Waals surface area contributed by atoms with Gasteiger partial charge in [-0.25, -0.2) is 0 Å². The molecular formula is C6H12Ba4O6. The van der Waals surface area contributed by atoms with Crippen LogP contribution in [0.4, 0.5) is 0 Å². The molecule has 0 aromatic heterocycles. The molecule has 1 aliphatic heterocycles. The number of hydrogen-bond donors (Lipinski definition) is 1. The molecule has 16 heavy (non-hydrogen) atoms. The predicted molar refractivity (Wildman–Crippen MR) is 54.6 cm³/mol. The third-order valence-corrected chi connectivity index (χ3v) is 1.77. The smallest absolute Gasteiger partial charge is 1.00 e. The van der Waals surface area contributed by atoms with E-state index in [1.807, 2.05) is 0 Å². The zero-order valence-electron chi connectivity index (χ0n) is 12.9. The molecule has 0 amide bonds. The Labute approximate surface area is 261 Å². The molecule has 1 heterocycles. The van der Waals surface area contributed by atoms with Crippen LogP contribution >= 0.6 is 0 Å². The van der Waals surface area contributed by atoms with E-state index < -0.39 is 37.3 Å². The fourth-order valence-electron chi connectivity index (χ4n) is 1.03. The van der Waals surface area contributed by atoms with E-state index in [2.05, 4.69) is 4.74 Å². The number of rotatable bonds is 1. The summed E-state index contributed by atoms with van der Waals surface area (Å²) >= 11 is 0. The minimum Gasteiger partial charge on any atom is -1.00 e. The number of ether oxygens (including phenoxy) is 1. The van der Waals surface area contributed by atoms with E-state index in [-0.39, 0.29) is 201 Å². The molecule has 0 aromatic rings. The van der Waals surface area contributed by atoms with Gasteiger partial charge in [-0.1, -0.05) is 6.10 Å². The van der Waals surface area contributed by atoms with Crippen LogP contribution in [0.2, 0.25) is 0 Å². The quantitative estimate of drug-likeness (QED) is 0.268. The summed E-state index contributed by atoms with van der Waals surface area (Å²) in [5, 5.41) is 51.3. The zero-order chi connectivity index (χ0) is 9.30. The summed E-state index contributed by atoms with van der Waals surface area (Å²) in [6, 6.07) is 0. The van der Waals surface area contributed by atoms with Gasteiger partial charge in [0.05, 0.1) is 0 Å². The molecule has 1 aliphatic rings. The first-order valence-corrected chi connectivity index (χ1v) is 3.47. The van der Waals surface area contributed by atoms with E-state index in [1.165, 1.54) is 0 Å². The molecule has 1 fully saturated rings. The van der Waals surface area contributed by atoms with Crippen LogP contribution < -0.4 is 20.4 Å². The summed E-state index contributed by atoms with van der Waals surface area (Å²) in [4.78, 5) is 0. The maximum absolute atomic E-state index is 10.8. The van der Waals surface area contributed by atoms with Gasteiger partial charge in [-0.15, -0.1) is 18.8 Å². The van der Waals surface area contributed by atoms with Crippen molar-refractivity contribution in [2.45, 2.75) is 30.7 Å². The second-order valence-electron chi connectivity index (χ2n) is 2.63. The predicted octanol–water partition coefficient (Wildman–Crippen LogP) is -6.82. The summed E-state index contributed by atoms with van der Waals surface area (Å²) in [5.74, 6) is 0. The number of aliphatic hydroxyl groups is 1. The third-order valence-electron chi connectivity index (χ3n) is 1.77. The molecule has 1 saturated heterocycles. The minimum atomic E-state index is -2.01. The molecule has 0 saturated carbocycles. The average molecular weight is 729 g/mol. The van der Waals surface area contributed by atoms with Crippen LogP contribution in [0.1, 0.15) is 5.71 Å². The SMILES string of the molecule is [Ba+2].[Ba+2].[Ba+2].[Ba+2].[H-].[H-].[H-].[H-].[O-]CC1OC(O)C([O-])C([O-])C1[O-]. The first-order chi connectivity index (χ1) is 5.57. The monoisotopic (exact) mass is 732 g/mol. The normalized spacial score (nSPS) is 36.9. The summed E-state index contributed by atoms with van der Waals surface area (Å²) in [7, 11) is 0. The van der Waals surface area contributed by atoms with Crippen LogP contribution in [0, 0.1) is 0 Å². The molecule has 0 aromatic carbocycles. The molecular weight excluding hydrogens is 717 g/mol. The first kappa shape index (κ1) is 30.0. The van der Waals surface area contributed by atoms with Gasteiger partial charge >= 0.3 is 196 Å². The van der Waals surface area contributed by atoms with Crippen molar-refractivity contribution in [3.63, 3.8) is 0 Å². The van der Waals surface area contributed by atoms with Crippen molar-refractivity contribution in [2.75, 3.05) is 6.61 Å². The van der Waals surface area contributed by atoms with Crippen molar-refractivity contribution in [3.05, 3.63) is 0 Å². The van der Waals surface area contributed by atoms with Gasteiger partial charge in [0.2, 0.25) is 0 Å². The van der Waals surface area contributed by atoms with Crippen molar-refractivity contribution < 1.29 is 36.0 Å². The number of aliphatic hydroxyl groups excluding tert-OH is 1. The second-order valence-corrected chi connectivity index (χ2v) is 2.63. The Hall–Kier alpha value is 6.05. The van der Waals surface area contributed by atoms with E-state index in [0.717, 1.165) is 0 Å². The topological polar surface area (TPSA) is 122 Å². The molecule has 1 rings (SSSR count). The van der Waals surface area contributed by atoms with Gasteiger partial charge in [-0.05, 0) is 0 Å². The van der Waals surface area contributed by atoms with Crippen molar-refractivity contribution in [2.24, 2.45) is 0 Å². The molecule has 0 bridgehead atoms. The Bertz CT molecular complexity index is 174. The van der Waals surface area contributed by atoms with Gasteiger partial charge in [0.15, 0.2) is 0 Å². The second kappa shape index (κ2) is 15.9. The summed E-state index contributed by atoms with van der Waals surface area (Å²) in [5.41, 5.74) is 0. The molecule has 0 aliphatic carbocycles. The summed E-state index contributed by atoms with van der Waals surface area (Å²) < 4.78 is 4.35. The molecule has 0 spiro atoms.